The fourth-order valence-electron chi connectivity index (χ4n) is 1.58. The highest BCUT2D eigenvalue weighted by Gasteiger charge is 2.14. The highest BCUT2D eigenvalue weighted by Crippen LogP contribution is 2.32. The van der Waals surface area contributed by atoms with E-state index in [-0.39, 0.29) is 5.75 Å². The SMILES string of the molecule is C[C@H](O)c1cccc(F)c1Oc1ccc(Br)cc1. The number of hydrogen-bond donors (Lipinski definition) is 1. The van der Waals surface area contributed by atoms with E-state index >= 15 is 0 Å². The van der Waals surface area contributed by atoms with Gasteiger partial charge in [-0.2, -0.15) is 0 Å². The van der Waals surface area contributed by atoms with Gasteiger partial charge < -0.3 is 9.84 Å². The summed E-state index contributed by atoms with van der Waals surface area (Å²) in [5.74, 6) is 0.0938. The molecule has 4 heteroatoms. The number of benzene rings is 2. The van der Waals surface area contributed by atoms with Gasteiger partial charge >= 0.3 is 0 Å². The van der Waals surface area contributed by atoms with Crippen molar-refractivity contribution in [1.82, 2.24) is 0 Å². The molecule has 0 bridgehead atoms. The van der Waals surface area contributed by atoms with Gasteiger partial charge in [0.2, 0.25) is 0 Å². The lowest BCUT2D eigenvalue weighted by Crippen LogP contribution is -1.98. The van der Waals surface area contributed by atoms with Crippen molar-refractivity contribution in [3.05, 3.63) is 58.3 Å². The van der Waals surface area contributed by atoms with Crippen molar-refractivity contribution in [3.63, 3.8) is 0 Å². The first-order valence-electron chi connectivity index (χ1n) is 5.48. The molecule has 2 aromatic carbocycles. The van der Waals surface area contributed by atoms with Gasteiger partial charge in [0, 0.05) is 10.0 Å². The number of para-hydroxylation sites is 1. The molecule has 0 saturated carbocycles. The lowest BCUT2D eigenvalue weighted by atomic mass is 10.1. The van der Waals surface area contributed by atoms with Gasteiger partial charge in [-0.25, -0.2) is 4.39 Å². The first-order chi connectivity index (χ1) is 8.58. The molecule has 0 aliphatic rings. The molecule has 2 rings (SSSR count). The van der Waals surface area contributed by atoms with E-state index in [2.05, 4.69) is 15.9 Å². The normalized spacial score (nSPS) is 12.2. The van der Waals surface area contributed by atoms with Gasteiger partial charge in [-0.1, -0.05) is 28.1 Å². The molecule has 0 aliphatic heterocycles. The second-order valence-corrected chi connectivity index (χ2v) is 4.81. The molecule has 0 heterocycles. The second-order valence-electron chi connectivity index (χ2n) is 3.89. The molecule has 1 N–H and O–H groups in total. The predicted molar refractivity (Wildman–Crippen MR) is 71.2 cm³/mol. The number of aliphatic hydroxyl groups is 1. The monoisotopic (exact) mass is 310 g/mol. The number of hydrogen-bond acceptors (Lipinski definition) is 2. The molecule has 0 fully saturated rings. The van der Waals surface area contributed by atoms with Crippen LogP contribution in [0.2, 0.25) is 0 Å². The van der Waals surface area contributed by atoms with Crippen LogP contribution in [-0.4, -0.2) is 5.11 Å². The van der Waals surface area contributed by atoms with E-state index in [4.69, 9.17) is 4.74 Å². The molecule has 94 valence electrons. The summed E-state index contributed by atoms with van der Waals surface area (Å²) in [6.07, 6.45) is -0.786. The molecule has 0 aromatic heterocycles. The smallest absolute Gasteiger partial charge is 0.168 e. The second kappa shape index (κ2) is 5.50. The van der Waals surface area contributed by atoms with E-state index in [1.165, 1.54) is 6.07 Å². The lowest BCUT2D eigenvalue weighted by molar-refractivity contribution is 0.194. The Kier molecular flexibility index (Phi) is 3.99. The van der Waals surface area contributed by atoms with Gasteiger partial charge in [0.15, 0.2) is 11.6 Å². The topological polar surface area (TPSA) is 29.5 Å². The minimum absolute atomic E-state index is 0.0647. The standard InChI is InChI=1S/C14H12BrFO2/c1-9(17)12-3-2-4-13(16)14(12)18-11-7-5-10(15)6-8-11/h2-9,17H,1H3/t9-/m0/s1. The van der Waals surface area contributed by atoms with Gasteiger partial charge in [0.25, 0.3) is 0 Å². The molecule has 0 saturated heterocycles. The zero-order valence-electron chi connectivity index (χ0n) is 9.73. The Bertz CT molecular complexity index is 538. The van der Waals surface area contributed by atoms with Gasteiger partial charge in [-0.15, -0.1) is 0 Å². The number of rotatable bonds is 3. The van der Waals surface area contributed by atoms with Crippen LogP contribution in [0, 0.1) is 5.82 Å². The maximum atomic E-state index is 13.7. The minimum atomic E-state index is -0.786. The Morgan fingerprint density at radius 1 is 1.17 bits per heavy atom. The zero-order chi connectivity index (χ0) is 13.1. The molecular weight excluding hydrogens is 299 g/mol. The molecule has 2 nitrogen and oxygen atoms in total. The fraction of sp³-hybridized carbons (Fsp3) is 0.143. The lowest BCUT2D eigenvalue weighted by Gasteiger charge is -2.13. The van der Waals surface area contributed by atoms with Crippen LogP contribution in [-0.2, 0) is 0 Å². The Morgan fingerprint density at radius 2 is 1.83 bits per heavy atom. The van der Waals surface area contributed by atoms with Gasteiger partial charge in [0.05, 0.1) is 6.10 Å². The molecular formula is C14H12BrFO2. The Hall–Kier alpha value is -1.39. The van der Waals surface area contributed by atoms with E-state index in [0.717, 1.165) is 4.47 Å². The predicted octanol–water partition coefficient (Wildman–Crippen LogP) is 4.43. The van der Waals surface area contributed by atoms with Crippen LogP contribution in [0.4, 0.5) is 4.39 Å². The average Bonchev–Trinajstić information content (AvgIpc) is 2.34. The summed E-state index contributed by atoms with van der Waals surface area (Å²) in [5.41, 5.74) is 0.429. The number of aliphatic hydroxyl groups excluding tert-OH is 1. The van der Waals surface area contributed by atoms with Crippen LogP contribution in [0.5, 0.6) is 11.5 Å². The Balaban J connectivity index is 2.36. The van der Waals surface area contributed by atoms with Gasteiger partial charge in [-0.05, 0) is 37.3 Å². The summed E-state index contributed by atoms with van der Waals surface area (Å²) in [4.78, 5) is 0. The maximum Gasteiger partial charge on any atom is 0.168 e. The summed E-state index contributed by atoms with van der Waals surface area (Å²) in [6, 6.07) is 11.6. The van der Waals surface area contributed by atoms with E-state index in [0.29, 0.717) is 11.3 Å². The zero-order valence-corrected chi connectivity index (χ0v) is 11.3. The van der Waals surface area contributed by atoms with Crippen molar-refractivity contribution >= 4 is 15.9 Å². The van der Waals surface area contributed by atoms with Crippen molar-refractivity contribution in [2.45, 2.75) is 13.0 Å². The Labute approximate surface area is 113 Å². The summed E-state index contributed by atoms with van der Waals surface area (Å²) in [5, 5.41) is 9.60. The molecule has 2 aromatic rings. The molecule has 18 heavy (non-hydrogen) atoms. The van der Waals surface area contributed by atoms with Crippen molar-refractivity contribution in [2.75, 3.05) is 0 Å². The third-order valence-electron chi connectivity index (χ3n) is 2.48. The van der Waals surface area contributed by atoms with Crippen molar-refractivity contribution in [2.24, 2.45) is 0 Å². The van der Waals surface area contributed by atoms with E-state index < -0.39 is 11.9 Å². The van der Waals surface area contributed by atoms with Crippen LogP contribution in [0.15, 0.2) is 46.9 Å². The maximum absolute atomic E-state index is 13.7. The molecule has 0 spiro atoms. The van der Waals surface area contributed by atoms with E-state index in [1.54, 1.807) is 43.3 Å². The average molecular weight is 311 g/mol. The van der Waals surface area contributed by atoms with Crippen LogP contribution < -0.4 is 4.74 Å². The molecule has 0 amide bonds. The van der Waals surface area contributed by atoms with Crippen LogP contribution in [0.25, 0.3) is 0 Å². The van der Waals surface area contributed by atoms with Crippen molar-refractivity contribution in [3.8, 4) is 11.5 Å². The first kappa shape index (κ1) is 13.1. The molecule has 0 unspecified atom stereocenters. The third-order valence-corrected chi connectivity index (χ3v) is 3.01. The third kappa shape index (κ3) is 2.89. The van der Waals surface area contributed by atoms with Crippen molar-refractivity contribution in [1.29, 1.82) is 0 Å². The number of ether oxygens (including phenoxy) is 1. The van der Waals surface area contributed by atoms with E-state index in [1.807, 2.05) is 0 Å². The van der Waals surface area contributed by atoms with Crippen molar-refractivity contribution < 1.29 is 14.2 Å². The van der Waals surface area contributed by atoms with Crippen LogP contribution in [0.1, 0.15) is 18.6 Å². The van der Waals surface area contributed by atoms with E-state index in [9.17, 15) is 9.50 Å². The van der Waals surface area contributed by atoms with Gasteiger partial charge in [-0.3, -0.25) is 0 Å². The summed E-state index contributed by atoms with van der Waals surface area (Å²) >= 11 is 3.31. The highest BCUT2D eigenvalue weighted by molar-refractivity contribution is 9.10. The Morgan fingerprint density at radius 3 is 2.44 bits per heavy atom. The summed E-state index contributed by atoms with van der Waals surface area (Å²) in [6.45, 7) is 1.57. The molecule has 0 radical (unpaired) electrons. The minimum Gasteiger partial charge on any atom is -0.454 e. The van der Waals surface area contributed by atoms with Gasteiger partial charge in [0.1, 0.15) is 5.75 Å². The first-order valence-corrected chi connectivity index (χ1v) is 6.27. The largest absolute Gasteiger partial charge is 0.454 e. The summed E-state index contributed by atoms with van der Waals surface area (Å²) < 4.78 is 20.1. The fourth-order valence-corrected chi connectivity index (χ4v) is 1.85. The van der Waals surface area contributed by atoms with Crippen LogP contribution in [0.3, 0.4) is 0 Å². The molecule has 0 aliphatic carbocycles. The summed E-state index contributed by atoms with van der Waals surface area (Å²) in [7, 11) is 0. The number of halogens is 2. The highest BCUT2D eigenvalue weighted by atomic mass is 79.9. The van der Waals surface area contributed by atoms with Crippen LogP contribution >= 0.6 is 15.9 Å². The quantitative estimate of drug-likeness (QED) is 0.908. The molecule has 1 atom stereocenters.